The van der Waals surface area contributed by atoms with E-state index in [0.29, 0.717) is 11.9 Å². The van der Waals surface area contributed by atoms with Crippen LogP contribution in [-0.4, -0.2) is 33.6 Å². The van der Waals surface area contributed by atoms with Crippen LogP contribution in [0.3, 0.4) is 0 Å². The molecular weight excluding hydrogens is 258 g/mol. The second-order valence-electron chi connectivity index (χ2n) is 5.18. The van der Waals surface area contributed by atoms with Gasteiger partial charge in [-0.2, -0.15) is 0 Å². The van der Waals surface area contributed by atoms with Gasteiger partial charge in [0.2, 0.25) is 5.43 Å². The fourth-order valence-electron chi connectivity index (χ4n) is 2.79. The van der Waals surface area contributed by atoms with E-state index in [-0.39, 0.29) is 12.0 Å². The van der Waals surface area contributed by atoms with E-state index in [4.69, 9.17) is 9.84 Å². The van der Waals surface area contributed by atoms with Crippen LogP contribution in [0.1, 0.15) is 18.2 Å². The summed E-state index contributed by atoms with van der Waals surface area (Å²) in [7, 11) is 0. The molecule has 0 aliphatic carbocycles. The minimum Gasteiger partial charge on any atom is -0.394 e. The minimum absolute atomic E-state index is 0.0800. The first-order chi connectivity index (χ1) is 9.61. The average molecular weight is 275 g/mol. The van der Waals surface area contributed by atoms with Crippen LogP contribution in [0.2, 0.25) is 0 Å². The molecule has 0 spiro atoms. The standard InChI is InChI=1S/C15H17NO4/c1-9-7-16(14-6-12(19)13(8-17)20-14)15-10(9)4-2-3-5-11(15)18/h2-5,7,12-14,17,19H,6,8H2,1H3/t12-,13+,14+/m0/s1. The number of aryl methyl sites for hydroxylation is 1. The predicted molar refractivity (Wildman–Crippen MR) is 74.6 cm³/mol. The van der Waals surface area contributed by atoms with Crippen LogP contribution >= 0.6 is 0 Å². The summed E-state index contributed by atoms with van der Waals surface area (Å²) in [4.78, 5) is 12.2. The summed E-state index contributed by atoms with van der Waals surface area (Å²) in [5, 5.41) is 19.9. The summed E-state index contributed by atoms with van der Waals surface area (Å²) in [5.74, 6) is 0. The number of fused-ring (bicyclic) bond motifs is 1. The number of nitrogens with zero attached hydrogens (tertiary/aromatic N) is 1. The van der Waals surface area contributed by atoms with Crippen LogP contribution in [0, 0.1) is 6.92 Å². The highest BCUT2D eigenvalue weighted by Crippen LogP contribution is 2.32. The molecule has 0 unspecified atom stereocenters. The van der Waals surface area contributed by atoms with Crippen molar-refractivity contribution < 1.29 is 14.9 Å². The van der Waals surface area contributed by atoms with Crippen molar-refractivity contribution >= 4 is 10.9 Å². The lowest BCUT2D eigenvalue weighted by atomic mass is 10.2. The van der Waals surface area contributed by atoms with Gasteiger partial charge in [0.15, 0.2) is 0 Å². The van der Waals surface area contributed by atoms with Gasteiger partial charge < -0.3 is 19.5 Å². The van der Waals surface area contributed by atoms with Gasteiger partial charge in [-0.25, -0.2) is 0 Å². The van der Waals surface area contributed by atoms with Gasteiger partial charge in [-0.1, -0.05) is 18.2 Å². The normalized spacial score (nSPS) is 26.2. The second-order valence-corrected chi connectivity index (χ2v) is 5.18. The first-order valence-electron chi connectivity index (χ1n) is 6.66. The van der Waals surface area contributed by atoms with E-state index in [2.05, 4.69) is 0 Å². The Bertz CT molecular complexity index is 694. The van der Waals surface area contributed by atoms with E-state index < -0.39 is 18.4 Å². The largest absolute Gasteiger partial charge is 0.394 e. The lowest BCUT2D eigenvalue weighted by molar-refractivity contribution is -0.0429. The number of hydrogen-bond acceptors (Lipinski definition) is 4. The zero-order valence-electron chi connectivity index (χ0n) is 11.2. The van der Waals surface area contributed by atoms with Crippen molar-refractivity contribution in [1.29, 1.82) is 0 Å². The maximum atomic E-state index is 12.2. The van der Waals surface area contributed by atoms with Crippen LogP contribution in [0.4, 0.5) is 0 Å². The molecule has 2 heterocycles. The maximum Gasteiger partial charge on any atom is 0.202 e. The van der Waals surface area contributed by atoms with Crippen molar-refractivity contribution in [2.24, 2.45) is 0 Å². The maximum absolute atomic E-state index is 12.2. The molecule has 3 atom stereocenters. The third kappa shape index (κ3) is 2.04. The van der Waals surface area contributed by atoms with Crippen LogP contribution < -0.4 is 5.43 Å². The lowest BCUT2D eigenvalue weighted by Gasteiger charge is -2.14. The molecule has 20 heavy (non-hydrogen) atoms. The van der Waals surface area contributed by atoms with E-state index in [9.17, 15) is 9.90 Å². The smallest absolute Gasteiger partial charge is 0.202 e. The van der Waals surface area contributed by atoms with Gasteiger partial charge in [-0.3, -0.25) is 4.79 Å². The van der Waals surface area contributed by atoms with Crippen molar-refractivity contribution in [1.82, 2.24) is 4.57 Å². The summed E-state index contributed by atoms with van der Waals surface area (Å²) in [6, 6.07) is 6.97. The van der Waals surface area contributed by atoms with E-state index in [1.54, 1.807) is 10.6 Å². The molecule has 5 nitrogen and oxygen atoms in total. The first-order valence-corrected chi connectivity index (χ1v) is 6.66. The third-order valence-electron chi connectivity index (χ3n) is 3.82. The lowest BCUT2D eigenvalue weighted by Crippen LogP contribution is -2.24. The third-order valence-corrected chi connectivity index (χ3v) is 3.82. The first kappa shape index (κ1) is 13.3. The van der Waals surface area contributed by atoms with E-state index in [1.807, 2.05) is 25.3 Å². The van der Waals surface area contributed by atoms with Gasteiger partial charge in [-0.15, -0.1) is 0 Å². The summed E-state index contributed by atoms with van der Waals surface area (Å²) >= 11 is 0. The van der Waals surface area contributed by atoms with Crippen LogP contribution in [0.5, 0.6) is 0 Å². The minimum atomic E-state index is -0.713. The summed E-state index contributed by atoms with van der Waals surface area (Å²) < 4.78 is 7.41. The van der Waals surface area contributed by atoms with Crippen molar-refractivity contribution in [2.75, 3.05) is 6.61 Å². The predicted octanol–water partition coefficient (Wildman–Crippen LogP) is 0.951. The molecule has 106 valence electrons. The molecule has 1 saturated heterocycles. The molecule has 1 aliphatic rings. The molecule has 2 N–H and O–H groups in total. The molecule has 2 aromatic rings. The Hall–Kier alpha value is -1.69. The monoisotopic (exact) mass is 275 g/mol. The van der Waals surface area contributed by atoms with Crippen LogP contribution in [0.15, 0.2) is 35.3 Å². The molecule has 0 amide bonds. The van der Waals surface area contributed by atoms with Gasteiger partial charge in [0.25, 0.3) is 0 Å². The van der Waals surface area contributed by atoms with E-state index in [0.717, 1.165) is 10.9 Å². The fourth-order valence-corrected chi connectivity index (χ4v) is 2.79. The number of aromatic nitrogens is 1. The Balaban J connectivity index is 2.14. The van der Waals surface area contributed by atoms with Crippen molar-refractivity contribution in [3.05, 3.63) is 46.2 Å². The average Bonchev–Trinajstić information content (AvgIpc) is 2.88. The highest BCUT2D eigenvalue weighted by atomic mass is 16.5. The Labute approximate surface area is 116 Å². The van der Waals surface area contributed by atoms with Crippen molar-refractivity contribution in [3.8, 4) is 0 Å². The Morgan fingerprint density at radius 2 is 2.15 bits per heavy atom. The fraction of sp³-hybridized carbons (Fsp3) is 0.400. The number of ether oxygens (including phenoxy) is 1. The highest BCUT2D eigenvalue weighted by Gasteiger charge is 2.35. The van der Waals surface area contributed by atoms with Crippen molar-refractivity contribution in [3.63, 3.8) is 0 Å². The Kier molecular flexibility index (Phi) is 3.33. The number of aliphatic hydroxyl groups excluding tert-OH is 2. The summed E-state index contributed by atoms with van der Waals surface area (Å²) in [6.45, 7) is 1.71. The SMILES string of the molecule is Cc1cn([C@H]2C[C@H](O)[C@@H](CO)O2)c2c(=O)ccccc12. The molecule has 1 aromatic heterocycles. The Morgan fingerprint density at radius 3 is 2.85 bits per heavy atom. The molecule has 0 saturated carbocycles. The second kappa shape index (κ2) is 5.01. The molecular formula is C15H17NO4. The van der Waals surface area contributed by atoms with Crippen LogP contribution in [0.25, 0.3) is 10.9 Å². The molecule has 3 rings (SSSR count). The van der Waals surface area contributed by atoms with Gasteiger partial charge in [0.1, 0.15) is 12.3 Å². The van der Waals surface area contributed by atoms with Gasteiger partial charge in [0.05, 0.1) is 18.2 Å². The molecule has 0 bridgehead atoms. The highest BCUT2D eigenvalue weighted by molar-refractivity contribution is 5.83. The topological polar surface area (TPSA) is 71.7 Å². The molecule has 0 radical (unpaired) electrons. The van der Waals surface area contributed by atoms with Crippen molar-refractivity contribution in [2.45, 2.75) is 31.8 Å². The van der Waals surface area contributed by atoms with Crippen LogP contribution in [-0.2, 0) is 4.74 Å². The molecule has 1 fully saturated rings. The van der Waals surface area contributed by atoms with Gasteiger partial charge >= 0.3 is 0 Å². The van der Waals surface area contributed by atoms with Gasteiger partial charge in [-0.05, 0) is 18.6 Å². The number of aliphatic hydroxyl groups is 2. The summed E-state index contributed by atoms with van der Waals surface area (Å²) in [6.07, 6.45) is 0.504. The molecule has 5 heteroatoms. The number of hydrogen-bond donors (Lipinski definition) is 2. The molecule has 1 aliphatic heterocycles. The Morgan fingerprint density at radius 1 is 1.40 bits per heavy atom. The van der Waals surface area contributed by atoms with E-state index >= 15 is 0 Å². The van der Waals surface area contributed by atoms with Gasteiger partial charge in [0, 0.05) is 18.0 Å². The zero-order valence-corrected chi connectivity index (χ0v) is 11.2. The number of rotatable bonds is 2. The quantitative estimate of drug-likeness (QED) is 0.856. The summed E-state index contributed by atoms with van der Waals surface area (Å²) in [5.41, 5.74) is 1.48. The molecule has 1 aromatic carbocycles. The zero-order chi connectivity index (χ0) is 14.3. The van der Waals surface area contributed by atoms with E-state index in [1.165, 1.54) is 6.07 Å².